The number of amides is 1. The minimum atomic E-state index is -0.351. The molecule has 22 heavy (non-hydrogen) atoms. The topological polar surface area (TPSA) is 81.4 Å². The Morgan fingerprint density at radius 2 is 2.27 bits per heavy atom. The second kappa shape index (κ2) is 5.84. The van der Waals surface area contributed by atoms with E-state index in [0.29, 0.717) is 22.2 Å². The van der Waals surface area contributed by atoms with Crippen molar-refractivity contribution in [2.75, 3.05) is 11.9 Å². The Balaban J connectivity index is 1.77. The van der Waals surface area contributed by atoms with Gasteiger partial charge in [0.25, 0.3) is 11.1 Å². The van der Waals surface area contributed by atoms with Gasteiger partial charge in [0.1, 0.15) is 12.0 Å². The minimum Gasteiger partial charge on any atom is -0.482 e. The summed E-state index contributed by atoms with van der Waals surface area (Å²) in [4.78, 5) is 28.0. The number of fused-ring (bicyclic) bond motifs is 1. The summed E-state index contributed by atoms with van der Waals surface area (Å²) in [5.41, 5.74) is 1.80. The number of hydrogen-bond acceptors (Lipinski definition) is 6. The third-order valence-electron chi connectivity index (χ3n) is 3.14. The van der Waals surface area contributed by atoms with E-state index in [4.69, 9.17) is 9.15 Å². The number of anilines is 1. The van der Waals surface area contributed by atoms with Crippen molar-refractivity contribution >= 4 is 29.1 Å². The maximum absolute atomic E-state index is 12.5. The first-order valence-electron chi connectivity index (χ1n) is 6.72. The first-order valence-corrected chi connectivity index (χ1v) is 7.60. The average molecular weight is 318 g/mol. The number of ether oxygens (including phenoxy) is 1. The molecule has 1 aliphatic heterocycles. The van der Waals surface area contributed by atoms with Crippen molar-refractivity contribution in [2.45, 2.75) is 24.3 Å². The van der Waals surface area contributed by atoms with Gasteiger partial charge in [-0.1, -0.05) is 11.8 Å². The molecule has 3 rings (SSSR count). The maximum atomic E-state index is 12.5. The van der Waals surface area contributed by atoms with Gasteiger partial charge < -0.3 is 14.5 Å². The molecule has 6 nitrogen and oxygen atoms in total. The Kier molecular flexibility index (Phi) is 3.89. The fourth-order valence-corrected chi connectivity index (χ4v) is 2.91. The molecule has 0 bridgehead atoms. The van der Waals surface area contributed by atoms with E-state index >= 15 is 0 Å². The number of carbonyl (C=O) groups is 2. The Morgan fingerprint density at radius 1 is 1.45 bits per heavy atom. The lowest BCUT2D eigenvalue weighted by atomic mass is 10.1. The summed E-state index contributed by atoms with van der Waals surface area (Å²) in [5, 5.41) is 2.81. The number of nitrogens with zero attached hydrogens (tertiary/aromatic N) is 1. The number of ketones is 1. The molecule has 0 aliphatic carbocycles. The first-order chi connectivity index (χ1) is 10.5. The number of Topliss-reactive ketones (excluding diaryl/α,β-unsaturated/α-hetero) is 1. The normalized spacial score (nSPS) is 14.7. The molecule has 2 heterocycles. The van der Waals surface area contributed by atoms with E-state index in [9.17, 15) is 9.59 Å². The zero-order chi connectivity index (χ0) is 15.7. The molecule has 1 aliphatic rings. The van der Waals surface area contributed by atoms with Gasteiger partial charge in [0, 0.05) is 5.56 Å². The Labute approximate surface area is 131 Å². The fraction of sp³-hybridized carbons (Fsp3) is 0.267. The van der Waals surface area contributed by atoms with Crippen LogP contribution < -0.4 is 10.1 Å². The van der Waals surface area contributed by atoms with Gasteiger partial charge in [-0.2, -0.15) is 0 Å². The number of carbonyl (C=O) groups excluding carboxylic acids is 2. The van der Waals surface area contributed by atoms with E-state index in [0.717, 1.165) is 5.69 Å². The number of rotatable bonds is 4. The summed E-state index contributed by atoms with van der Waals surface area (Å²) in [5.74, 6) is 0.276. The molecule has 1 aromatic carbocycles. The minimum absolute atomic E-state index is 0.00391. The van der Waals surface area contributed by atoms with E-state index < -0.39 is 0 Å². The molecule has 2 aromatic rings. The number of hydrogen-bond donors (Lipinski definition) is 1. The van der Waals surface area contributed by atoms with Crippen LogP contribution in [0.2, 0.25) is 0 Å². The molecule has 0 spiro atoms. The van der Waals surface area contributed by atoms with Crippen LogP contribution in [0, 0.1) is 6.92 Å². The third-order valence-corrected chi connectivity index (χ3v) is 4.10. The van der Waals surface area contributed by atoms with E-state index in [1.165, 1.54) is 11.8 Å². The molecule has 0 radical (unpaired) electrons. The lowest BCUT2D eigenvalue weighted by molar-refractivity contribution is -0.118. The van der Waals surface area contributed by atoms with Crippen molar-refractivity contribution in [1.82, 2.24) is 4.98 Å². The quantitative estimate of drug-likeness (QED) is 0.689. The van der Waals surface area contributed by atoms with Crippen molar-refractivity contribution in [2.24, 2.45) is 0 Å². The molecular formula is C15H14N2O4S. The number of nitrogens with one attached hydrogen (secondary N) is 1. The van der Waals surface area contributed by atoms with Gasteiger partial charge >= 0.3 is 0 Å². The van der Waals surface area contributed by atoms with Crippen molar-refractivity contribution in [3.05, 3.63) is 35.7 Å². The van der Waals surface area contributed by atoms with Crippen molar-refractivity contribution in [3.8, 4) is 5.75 Å². The lowest BCUT2D eigenvalue weighted by Gasteiger charge is -2.18. The standard InChI is InChI=1S/C15H14N2O4S/c1-8-6-21-15(16-8)22-9(2)14(19)10-3-4-12-11(5-10)17-13(18)7-20-12/h3-6,9H,7H2,1-2H3,(H,17,18)/t9-/m1/s1. The van der Waals surface area contributed by atoms with Crippen LogP contribution in [0.3, 0.4) is 0 Å². The zero-order valence-electron chi connectivity index (χ0n) is 12.1. The molecular weight excluding hydrogens is 304 g/mol. The van der Waals surface area contributed by atoms with Crippen LogP contribution in [0.1, 0.15) is 23.0 Å². The molecule has 0 fully saturated rings. The number of aromatic nitrogens is 1. The lowest BCUT2D eigenvalue weighted by Crippen LogP contribution is -2.25. The zero-order valence-corrected chi connectivity index (χ0v) is 12.9. The Hall–Kier alpha value is -2.28. The number of benzene rings is 1. The van der Waals surface area contributed by atoms with Crippen LogP contribution in [-0.4, -0.2) is 28.5 Å². The van der Waals surface area contributed by atoms with Gasteiger partial charge in [0.15, 0.2) is 12.4 Å². The Bertz CT molecular complexity index is 741. The van der Waals surface area contributed by atoms with Gasteiger partial charge in [-0.3, -0.25) is 9.59 Å². The molecule has 1 aromatic heterocycles. The molecule has 0 unspecified atom stereocenters. The van der Waals surface area contributed by atoms with Crippen molar-refractivity contribution < 1.29 is 18.7 Å². The van der Waals surface area contributed by atoms with E-state index in [1.807, 2.05) is 6.92 Å². The average Bonchev–Trinajstić information content (AvgIpc) is 2.90. The van der Waals surface area contributed by atoms with Crippen LogP contribution in [0.15, 0.2) is 34.1 Å². The fourth-order valence-electron chi connectivity index (χ4n) is 2.06. The molecule has 7 heteroatoms. The second-order valence-electron chi connectivity index (χ2n) is 4.93. The highest BCUT2D eigenvalue weighted by molar-refractivity contribution is 8.00. The first kappa shape index (κ1) is 14.6. The summed E-state index contributed by atoms with van der Waals surface area (Å²) in [6, 6.07) is 5.01. The van der Waals surface area contributed by atoms with Gasteiger partial charge in [0.05, 0.1) is 16.6 Å². The maximum Gasteiger partial charge on any atom is 0.262 e. The van der Waals surface area contributed by atoms with Gasteiger partial charge in [-0.15, -0.1) is 0 Å². The van der Waals surface area contributed by atoms with E-state index in [2.05, 4.69) is 10.3 Å². The summed E-state index contributed by atoms with van der Waals surface area (Å²) in [6.07, 6.45) is 1.55. The van der Waals surface area contributed by atoms with Crippen LogP contribution in [0.5, 0.6) is 5.75 Å². The molecule has 1 amide bonds. The SMILES string of the molecule is Cc1coc(S[C@H](C)C(=O)c2ccc3c(c2)NC(=O)CO3)n1. The van der Waals surface area contributed by atoms with Crippen LogP contribution >= 0.6 is 11.8 Å². The number of aryl methyl sites for hydroxylation is 1. The van der Waals surface area contributed by atoms with Gasteiger partial charge in [0.2, 0.25) is 0 Å². The van der Waals surface area contributed by atoms with Crippen molar-refractivity contribution in [1.29, 1.82) is 0 Å². The molecule has 0 saturated carbocycles. The molecule has 114 valence electrons. The smallest absolute Gasteiger partial charge is 0.262 e. The highest BCUT2D eigenvalue weighted by Crippen LogP contribution is 2.31. The molecule has 1 atom stereocenters. The van der Waals surface area contributed by atoms with E-state index in [1.54, 1.807) is 31.4 Å². The predicted octanol–water partition coefficient (Wildman–Crippen LogP) is 2.68. The number of thioether (sulfide) groups is 1. The molecule has 0 saturated heterocycles. The van der Waals surface area contributed by atoms with Crippen LogP contribution in [0.4, 0.5) is 5.69 Å². The highest BCUT2D eigenvalue weighted by atomic mass is 32.2. The summed E-state index contributed by atoms with van der Waals surface area (Å²) < 4.78 is 10.5. The van der Waals surface area contributed by atoms with Gasteiger partial charge in [-0.25, -0.2) is 4.98 Å². The van der Waals surface area contributed by atoms with Gasteiger partial charge in [-0.05, 0) is 32.0 Å². The summed E-state index contributed by atoms with van der Waals surface area (Å²) >= 11 is 1.26. The highest BCUT2D eigenvalue weighted by Gasteiger charge is 2.22. The molecule has 1 N–H and O–H groups in total. The monoisotopic (exact) mass is 318 g/mol. The van der Waals surface area contributed by atoms with E-state index in [-0.39, 0.29) is 23.5 Å². The second-order valence-corrected chi connectivity index (χ2v) is 6.22. The largest absolute Gasteiger partial charge is 0.482 e. The summed E-state index contributed by atoms with van der Waals surface area (Å²) in [7, 11) is 0. The number of oxazole rings is 1. The van der Waals surface area contributed by atoms with Crippen LogP contribution in [0.25, 0.3) is 0 Å². The van der Waals surface area contributed by atoms with Crippen LogP contribution in [-0.2, 0) is 4.79 Å². The van der Waals surface area contributed by atoms with Crippen molar-refractivity contribution in [3.63, 3.8) is 0 Å². The third kappa shape index (κ3) is 2.99. The Morgan fingerprint density at radius 3 is 3.00 bits per heavy atom. The predicted molar refractivity (Wildman–Crippen MR) is 81.5 cm³/mol. The summed E-state index contributed by atoms with van der Waals surface area (Å²) in [6.45, 7) is 3.61.